The molecule has 1 heterocycles. The molecule has 4 aromatic rings. The number of ether oxygens (including phenoxy) is 1. The summed E-state index contributed by atoms with van der Waals surface area (Å²) in [4.78, 5) is 40.0. The fraction of sp³-hybridized carbons (Fsp3) is 0.167. The van der Waals surface area contributed by atoms with Crippen molar-refractivity contribution in [3.63, 3.8) is 0 Å². The second kappa shape index (κ2) is 12.9. The monoisotopic (exact) mass is 642 g/mol. The largest absolute Gasteiger partial charge is 0.461 e. The van der Waals surface area contributed by atoms with Crippen LogP contribution in [0.1, 0.15) is 35.5 Å². The molecule has 0 saturated heterocycles. The molecule has 0 atom stereocenters. The summed E-state index contributed by atoms with van der Waals surface area (Å²) in [7, 11) is -4.43. The van der Waals surface area contributed by atoms with E-state index >= 15 is 0 Å². The maximum Gasteiger partial charge on any atom is 0.356 e. The summed E-state index contributed by atoms with van der Waals surface area (Å²) in [6.45, 7) is 7.80. The van der Waals surface area contributed by atoms with Gasteiger partial charge in [0, 0.05) is 40.3 Å². The number of hydrogen-bond donors (Lipinski definition) is 2. The molecule has 0 aliphatic carbocycles. The zero-order chi connectivity index (χ0) is 31.5. The molecule has 13 heteroatoms. The SMILES string of the molecule is C=C(C(=O)Nc1cccc(CN(CC)C(N)=O)c1)c1c(C(=O)OCC)n(S(=O)(=O)c2ccccc2)c2cc(Cl)cc(Cl)c12. The van der Waals surface area contributed by atoms with Crippen molar-refractivity contribution in [2.45, 2.75) is 25.3 Å². The van der Waals surface area contributed by atoms with Crippen LogP contribution in [0.25, 0.3) is 16.5 Å². The molecule has 0 saturated carbocycles. The van der Waals surface area contributed by atoms with Gasteiger partial charge < -0.3 is 20.7 Å². The van der Waals surface area contributed by atoms with Crippen LogP contribution < -0.4 is 11.1 Å². The van der Waals surface area contributed by atoms with Gasteiger partial charge in [-0.05, 0) is 55.8 Å². The van der Waals surface area contributed by atoms with E-state index < -0.39 is 33.6 Å². The van der Waals surface area contributed by atoms with E-state index in [1.165, 1.54) is 41.3 Å². The number of rotatable bonds is 10. The van der Waals surface area contributed by atoms with Crippen LogP contribution in [0, 0.1) is 0 Å². The minimum atomic E-state index is -4.43. The van der Waals surface area contributed by atoms with Crippen LogP contribution in [-0.4, -0.2) is 48.3 Å². The van der Waals surface area contributed by atoms with Gasteiger partial charge in [0.25, 0.3) is 15.9 Å². The van der Waals surface area contributed by atoms with Crippen molar-refractivity contribution in [3.05, 3.63) is 100 Å². The molecular formula is C30H28Cl2N4O6S. The maximum atomic E-state index is 14.0. The molecule has 3 aromatic carbocycles. The fourth-order valence-corrected chi connectivity index (χ4v) is 6.67. The van der Waals surface area contributed by atoms with Gasteiger partial charge >= 0.3 is 12.0 Å². The molecule has 0 aliphatic heterocycles. The Labute approximate surface area is 258 Å². The third-order valence-corrected chi connectivity index (χ3v) is 8.76. The lowest BCUT2D eigenvalue weighted by atomic mass is 10.0. The molecule has 3 amide bonds. The lowest BCUT2D eigenvalue weighted by Crippen LogP contribution is -2.34. The first-order valence-electron chi connectivity index (χ1n) is 13.1. The third kappa shape index (κ3) is 6.38. The van der Waals surface area contributed by atoms with E-state index in [1.54, 1.807) is 44.2 Å². The normalized spacial score (nSPS) is 11.3. The van der Waals surface area contributed by atoms with E-state index in [4.69, 9.17) is 33.7 Å². The molecule has 0 spiro atoms. The summed E-state index contributed by atoms with van der Waals surface area (Å²) in [6.07, 6.45) is 0. The predicted molar refractivity (Wildman–Crippen MR) is 167 cm³/mol. The molecule has 0 fully saturated rings. The summed E-state index contributed by atoms with van der Waals surface area (Å²) in [5.74, 6) is -1.76. The highest BCUT2D eigenvalue weighted by molar-refractivity contribution is 7.90. The van der Waals surface area contributed by atoms with Gasteiger partial charge in [-0.15, -0.1) is 0 Å². The average molecular weight is 644 g/mol. The number of amides is 3. The summed E-state index contributed by atoms with van der Waals surface area (Å²) in [5, 5.41) is 2.89. The standard InChI is InChI=1S/C30H28Cl2N4O6S/c1-4-35(30(33)39)17-19-10-9-11-21(14-19)34-28(37)18(3)25-26-23(32)15-20(31)16-24(26)36(27(25)29(38)42-5-2)43(40,41)22-12-7-6-8-13-22/h6-16H,3-5,17H2,1-2H3,(H2,33,39)(H,34,37). The van der Waals surface area contributed by atoms with Gasteiger partial charge in [-0.3, -0.25) is 4.79 Å². The van der Waals surface area contributed by atoms with Crippen LogP contribution in [0.5, 0.6) is 0 Å². The number of primary amides is 1. The number of hydrogen-bond acceptors (Lipinski definition) is 6. The first-order chi connectivity index (χ1) is 20.4. The van der Waals surface area contributed by atoms with Crippen LogP contribution in [0.4, 0.5) is 10.5 Å². The summed E-state index contributed by atoms with van der Waals surface area (Å²) in [6, 6.07) is 16.3. The molecule has 4 rings (SSSR count). The lowest BCUT2D eigenvalue weighted by Gasteiger charge is -2.18. The Kier molecular flexibility index (Phi) is 9.49. The number of benzene rings is 3. The molecule has 224 valence electrons. The van der Waals surface area contributed by atoms with E-state index in [2.05, 4.69) is 11.9 Å². The number of urea groups is 1. The van der Waals surface area contributed by atoms with Gasteiger partial charge in [0.05, 0.1) is 22.0 Å². The highest BCUT2D eigenvalue weighted by Crippen LogP contribution is 2.40. The number of aromatic nitrogens is 1. The summed E-state index contributed by atoms with van der Waals surface area (Å²) in [5.41, 5.74) is 5.59. The van der Waals surface area contributed by atoms with Crippen molar-refractivity contribution in [2.24, 2.45) is 5.73 Å². The number of fused-ring (bicyclic) bond motifs is 1. The number of nitrogens with two attached hydrogens (primary N) is 1. The van der Waals surface area contributed by atoms with Gasteiger partial charge in [0.15, 0.2) is 5.69 Å². The minimum Gasteiger partial charge on any atom is -0.461 e. The number of carbonyl (C=O) groups excluding carboxylic acids is 3. The predicted octanol–water partition coefficient (Wildman–Crippen LogP) is 5.91. The zero-order valence-corrected chi connectivity index (χ0v) is 25.6. The van der Waals surface area contributed by atoms with Crippen molar-refractivity contribution >= 4 is 73.3 Å². The quantitative estimate of drug-likeness (QED) is 0.163. The fourth-order valence-electron chi connectivity index (χ4n) is 4.57. The number of carbonyl (C=O) groups is 3. The van der Waals surface area contributed by atoms with Crippen molar-refractivity contribution in [1.29, 1.82) is 0 Å². The molecule has 10 nitrogen and oxygen atoms in total. The van der Waals surface area contributed by atoms with E-state index in [0.717, 1.165) is 3.97 Å². The maximum absolute atomic E-state index is 14.0. The Morgan fingerprint density at radius 1 is 1.02 bits per heavy atom. The van der Waals surface area contributed by atoms with Gasteiger partial charge in [-0.1, -0.05) is 60.1 Å². The molecular weight excluding hydrogens is 615 g/mol. The Morgan fingerprint density at radius 2 is 1.72 bits per heavy atom. The first-order valence-corrected chi connectivity index (χ1v) is 15.2. The lowest BCUT2D eigenvalue weighted by molar-refractivity contribution is -0.111. The zero-order valence-electron chi connectivity index (χ0n) is 23.3. The second-order valence-electron chi connectivity index (χ2n) is 9.29. The van der Waals surface area contributed by atoms with Crippen molar-refractivity contribution < 1.29 is 27.5 Å². The van der Waals surface area contributed by atoms with E-state index in [0.29, 0.717) is 17.8 Å². The molecule has 3 N–H and O–H groups in total. The number of halogens is 2. The van der Waals surface area contributed by atoms with Gasteiger partial charge in [-0.2, -0.15) is 0 Å². The number of nitrogens with zero attached hydrogens (tertiary/aromatic N) is 2. The average Bonchev–Trinajstić information content (AvgIpc) is 3.32. The summed E-state index contributed by atoms with van der Waals surface area (Å²) < 4.78 is 34.0. The molecule has 0 unspecified atom stereocenters. The van der Waals surface area contributed by atoms with Crippen molar-refractivity contribution in [1.82, 2.24) is 8.87 Å². The van der Waals surface area contributed by atoms with Crippen LogP contribution in [0.2, 0.25) is 10.0 Å². The third-order valence-electron chi connectivity index (χ3n) is 6.52. The van der Waals surface area contributed by atoms with E-state index in [1.807, 2.05) is 0 Å². The van der Waals surface area contributed by atoms with Gasteiger partial charge in [0.2, 0.25) is 0 Å². The Balaban J connectivity index is 1.88. The van der Waals surface area contributed by atoms with E-state index in [-0.39, 0.29) is 50.1 Å². The minimum absolute atomic E-state index is 0.00730. The number of anilines is 1. The molecule has 1 aromatic heterocycles. The molecule has 43 heavy (non-hydrogen) atoms. The van der Waals surface area contributed by atoms with Gasteiger partial charge in [0.1, 0.15) is 0 Å². The van der Waals surface area contributed by atoms with Crippen molar-refractivity contribution in [2.75, 3.05) is 18.5 Å². The Bertz CT molecular complexity index is 1860. The number of esters is 1. The number of nitrogens with one attached hydrogen (secondary N) is 1. The molecule has 0 aliphatic rings. The van der Waals surface area contributed by atoms with Crippen molar-refractivity contribution in [3.8, 4) is 0 Å². The van der Waals surface area contributed by atoms with Crippen LogP contribution in [0.3, 0.4) is 0 Å². The highest BCUT2D eigenvalue weighted by atomic mass is 35.5. The topological polar surface area (TPSA) is 141 Å². The van der Waals surface area contributed by atoms with Crippen LogP contribution >= 0.6 is 23.2 Å². The second-order valence-corrected chi connectivity index (χ2v) is 11.9. The van der Waals surface area contributed by atoms with Crippen LogP contribution in [0.15, 0.2) is 78.2 Å². The van der Waals surface area contributed by atoms with Crippen LogP contribution in [-0.2, 0) is 26.1 Å². The summed E-state index contributed by atoms with van der Waals surface area (Å²) >= 11 is 12.9. The Hall–Kier alpha value is -4.32. The first kappa shape index (κ1) is 31.6. The highest BCUT2D eigenvalue weighted by Gasteiger charge is 2.35. The Morgan fingerprint density at radius 3 is 2.35 bits per heavy atom. The van der Waals surface area contributed by atoms with Gasteiger partial charge in [-0.25, -0.2) is 22.0 Å². The molecule has 0 radical (unpaired) electrons. The smallest absolute Gasteiger partial charge is 0.356 e. The molecule has 0 bridgehead atoms. The van der Waals surface area contributed by atoms with E-state index in [9.17, 15) is 22.8 Å².